The number of aromatic nitrogens is 1. The van der Waals surface area contributed by atoms with Crippen molar-refractivity contribution in [2.24, 2.45) is 5.73 Å². The lowest BCUT2D eigenvalue weighted by Gasteiger charge is -2.30. The molecule has 0 spiro atoms. The number of carbonyl (C=O) groups is 2. The first kappa shape index (κ1) is 25.0. The number of anilines is 1. The maximum absolute atomic E-state index is 12.8. The molecular formula is C24H27N7O2S. The molecule has 0 bridgehead atoms. The monoisotopic (exact) mass is 477 g/mol. The maximum Gasteiger partial charge on any atom is 0.242 e. The molecule has 176 valence electrons. The summed E-state index contributed by atoms with van der Waals surface area (Å²) in [5.41, 5.74) is 7.43. The molecule has 2 heterocycles. The molecule has 0 radical (unpaired) electrons. The SMILES string of the molecule is CCc1c(C#N)c(SC(C(N)=O)c2ccccc2)nc(N(C)CC(=O)N2CCNCC2)c1C#N. The van der Waals surface area contributed by atoms with Crippen LogP contribution in [0.5, 0.6) is 0 Å². The zero-order chi connectivity index (χ0) is 24.7. The van der Waals surface area contributed by atoms with Crippen molar-refractivity contribution in [3.05, 3.63) is 52.6 Å². The molecule has 1 aromatic heterocycles. The molecule has 0 aliphatic carbocycles. The molecule has 1 unspecified atom stereocenters. The Kier molecular flexibility index (Phi) is 8.47. The summed E-state index contributed by atoms with van der Waals surface area (Å²) in [7, 11) is 1.70. The van der Waals surface area contributed by atoms with E-state index in [4.69, 9.17) is 5.73 Å². The van der Waals surface area contributed by atoms with Gasteiger partial charge in [0.25, 0.3) is 0 Å². The van der Waals surface area contributed by atoms with Gasteiger partial charge in [-0.1, -0.05) is 49.0 Å². The molecule has 10 heteroatoms. The van der Waals surface area contributed by atoms with Crippen LogP contribution in [-0.2, 0) is 16.0 Å². The number of rotatable bonds is 8. The summed E-state index contributed by atoms with van der Waals surface area (Å²) in [6.45, 7) is 4.61. The summed E-state index contributed by atoms with van der Waals surface area (Å²) in [5, 5.41) is 22.6. The first-order valence-corrected chi connectivity index (χ1v) is 11.9. The molecule has 1 aliphatic rings. The quantitative estimate of drug-likeness (QED) is 0.546. The zero-order valence-corrected chi connectivity index (χ0v) is 20.1. The van der Waals surface area contributed by atoms with E-state index in [1.54, 1.807) is 29.0 Å². The Balaban J connectivity index is 2.02. The van der Waals surface area contributed by atoms with E-state index in [1.807, 2.05) is 25.1 Å². The number of piperazine rings is 1. The minimum Gasteiger partial charge on any atom is -0.368 e. The molecule has 2 amide bonds. The van der Waals surface area contributed by atoms with E-state index in [-0.39, 0.29) is 23.6 Å². The lowest BCUT2D eigenvalue weighted by Crippen LogP contribution is -2.49. The number of thioether (sulfide) groups is 1. The van der Waals surface area contributed by atoms with Crippen LogP contribution >= 0.6 is 11.8 Å². The maximum atomic E-state index is 12.8. The summed E-state index contributed by atoms with van der Waals surface area (Å²) in [6.07, 6.45) is 0.418. The second kappa shape index (κ2) is 11.5. The second-order valence-electron chi connectivity index (χ2n) is 7.84. The third-order valence-corrected chi connectivity index (χ3v) is 6.88. The number of nitrogens with zero attached hydrogens (tertiary/aromatic N) is 5. The Morgan fingerprint density at radius 3 is 2.41 bits per heavy atom. The van der Waals surface area contributed by atoms with E-state index >= 15 is 0 Å². The van der Waals surface area contributed by atoms with Crippen molar-refractivity contribution in [3.63, 3.8) is 0 Å². The van der Waals surface area contributed by atoms with Crippen LogP contribution in [0.2, 0.25) is 0 Å². The topological polar surface area (TPSA) is 139 Å². The summed E-state index contributed by atoms with van der Waals surface area (Å²) in [6, 6.07) is 13.4. The van der Waals surface area contributed by atoms with Crippen molar-refractivity contribution >= 4 is 29.4 Å². The number of amides is 2. The Morgan fingerprint density at radius 1 is 1.21 bits per heavy atom. The Morgan fingerprint density at radius 2 is 1.85 bits per heavy atom. The highest BCUT2D eigenvalue weighted by Crippen LogP contribution is 2.39. The van der Waals surface area contributed by atoms with Crippen LogP contribution in [0.4, 0.5) is 5.82 Å². The third-order valence-electron chi connectivity index (χ3n) is 5.62. The van der Waals surface area contributed by atoms with Crippen LogP contribution in [0.25, 0.3) is 0 Å². The highest BCUT2D eigenvalue weighted by atomic mass is 32.2. The van der Waals surface area contributed by atoms with Crippen LogP contribution in [0.1, 0.15) is 34.4 Å². The number of primary amides is 1. The zero-order valence-electron chi connectivity index (χ0n) is 19.2. The highest BCUT2D eigenvalue weighted by molar-refractivity contribution is 8.00. The number of carbonyl (C=O) groups excluding carboxylic acids is 2. The number of hydrogen-bond acceptors (Lipinski definition) is 8. The lowest BCUT2D eigenvalue weighted by molar-refractivity contribution is -0.130. The first-order valence-electron chi connectivity index (χ1n) is 11.0. The number of benzene rings is 1. The van der Waals surface area contributed by atoms with E-state index in [0.29, 0.717) is 41.5 Å². The van der Waals surface area contributed by atoms with Crippen LogP contribution in [0.15, 0.2) is 35.4 Å². The Bertz CT molecular complexity index is 1130. The van der Waals surface area contributed by atoms with Gasteiger partial charge in [-0.15, -0.1) is 0 Å². The third kappa shape index (κ3) is 5.48. The van der Waals surface area contributed by atoms with Gasteiger partial charge in [0.1, 0.15) is 28.2 Å². The van der Waals surface area contributed by atoms with Crippen LogP contribution in [-0.4, -0.2) is 61.5 Å². The number of likely N-dealkylation sites (N-methyl/N-ethyl adjacent to an activating group) is 1. The summed E-state index contributed by atoms with van der Waals surface area (Å²) in [5.74, 6) is -0.320. The number of nitrogens with one attached hydrogen (secondary N) is 1. The van der Waals surface area contributed by atoms with E-state index in [1.165, 1.54) is 0 Å². The summed E-state index contributed by atoms with van der Waals surface area (Å²) >= 11 is 1.08. The molecule has 1 fully saturated rings. The van der Waals surface area contributed by atoms with Crippen LogP contribution < -0.4 is 16.0 Å². The summed E-state index contributed by atoms with van der Waals surface area (Å²) < 4.78 is 0. The predicted octanol–water partition coefficient (Wildman–Crippen LogP) is 1.57. The first-order chi connectivity index (χ1) is 16.4. The molecule has 3 rings (SSSR count). The second-order valence-corrected chi connectivity index (χ2v) is 8.94. The number of nitriles is 2. The fraction of sp³-hybridized carbons (Fsp3) is 0.375. The van der Waals surface area contributed by atoms with Gasteiger partial charge in [0.05, 0.1) is 17.7 Å². The molecule has 34 heavy (non-hydrogen) atoms. The molecule has 1 aromatic carbocycles. The summed E-state index contributed by atoms with van der Waals surface area (Å²) in [4.78, 5) is 33.1. The van der Waals surface area contributed by atoms with Gasteiger partial charge in [-0.2, -0.15) is 10.5 Å². The van der Waals surface area contributed by atoms with Crippen molar-refractivity contribution in [1.29, 1.82) is 10.5 Å². The Hall–Kier alpha value is -3.60. The van der Waals surface area contributed by atoms with Gasteiger partial charge < -0.3 is 20.9 Å². The van der Waals surface area contributed by atoms with E-state index in [2.05, 4.69) is 22.4 Å². The number of pyridine rings is 1. The van der Waals surface area contributed by atoms with Gasteiger partial charge in [0, 0.05) is 33.2 Å². The normalized spacial score (nSPS) is 14.1. The van der Waals surface area contributed by atoms with Crippen molar-refractivity contribution in [3.8, 4) is 12.1 Å². The standard InChI is InChI=1S/C24H27N7O2S/c1-3-17-18(13-25)23(30(2)15-20(32)31-11-9-28-10-12-31)29-24(19(17)14-26)34-21(22(27)33)16-7-5-4-6-8-16/h4-8,21,28H,3,9-12,15H2,1-2H3,(H2,27,33). The van der Waals surface area contributed by atoms with E-state index in [0.717, 1.165) is 24.9 Å². The van der Waals surface area contributed by atoms with Crippen molar-refractivity contribution in [2.75, 3.05) is 44.7 Å². The van der Waals surface area contributed by atoms with Gasteiger partial charge in [0.2, 0.25) is 11.8 Å². The molecule has 1 aliphatic heterocycles. The van der Waals surface area contributed by atoms with Gasteiger partial charge >= 0.3 is 0 Å². The largest absolute Gasteiger partial charge is 0.368 e. The van der Waals surface area contributed by atoms with Gasteiger partial charge in [-0.05, 0) is 17.5 Å². The van der Waals surface area contributed by atoms with Gasteiger partial charge in [-0.3, -0.25) is 9.59 Å². The van der Waals surface area contributed by atoms with Gasteiger partial charge in [-0.25, -0.2) is 4.98 Å². The minimum absolute atomic E-state index is 0.0405. The minimum atomic E-state index is -0.765. The van der Waals surface area contributed by atoms with Crippen LogP contribution in [0.3, 0.4) is 0 Å². The van der Waals surface area contributed by atoms with Crippen LogP contribution in [0, 0.1) is 22.7 Å². The molecule has 2 aromatic rings. The average Bonchev–Trinajstić information content (AvgIpc) is 2.86. The number of hydrogen-bond donors (Lipinski definition) is 2. The van der Waals surface area contributed by atoms with Crippen molar-refractivity contribution < 1.29 is 9.59 Å². The average molecular weight is 478 g/mol. The molecule has 1 saturated heterocycles. The molecule has 9 nitrogen and oxygen atoms in total. The Labute approximate surface area is 203 Å². The van der Waals surface area contributed by atoms with Crippen molar-refractivity contribution in [2.45, 2.75) is 23.6 Å². The van der Waals surface area contributed by atoms with Gasteiger partial charge in [0.15, 0.2) is 0 Å². The van der Waals surface area contributed by atoms with E-state index < -0.39 is 11.2 Å². The fourth-order valence-corrected chi connectivity index (χ4v) is 4.93. The molecule has 3 N–H and O–H groups in total. The highest BCUT2D eigenvalue weighted by Gasteiger charge is 2.27. The molecule has 0 saturated carbocycles. The number of nitrogens with two attached hydrogens (primary N) is 1. The lowest BCUT2D eigenvalue weighted by atomic mass is 10.0. The molecular weight excluding hydrogens is 450 g/mol. The smallest absolute Gasteiger partial charge is 0.242 e. The fourth-order valence-electron chi connectivity index (χ4n) is 3.87. The predicted molar refractivity (Wildman–Crippen MR) is 130 cm³/mol. The van der Waals surface area contributed by atoms with Crippen molar-refractivity contribution in [1.82, 2.24) is 15.2 Å². The molecule has 1 atom stereocenters. The van der Waals surface area contributed by atoms with E-state index in [9.17, 15) is 20.1 Å².